The molecule has 0 fully saturated rings. The van der Waals surface area contributed by atoms with Crippen LogP contribution in [0.25, 0.3) is 76.5 Å². The van der Waals surface area contributed by atoms with Crippen molar-refractivity contribution in [3.63, 3.8) is 0 Å². The van der Waals surface area contributed by atoms with Crippen molar-refractivity contribution >= 4 is 54.3 Å². The minimum atomic E-state index is -0.520. The largest absolute Gasteiger partial charge is 0.455 e. The van der Waals surface area contributed by atoms with E-state index in [0.29, 0.717) is 16.7 Å². The molecule has 0 spiro atoms. The maximum atomic E-state index is 8.99. The van der Waals surface area contributed by atoms with E-state index >= 15 is 0 Å². The summed E-state index contributed by atoms with van der Waals surface area (Å²) in [5, 5.41) is 3.42. The summed E-state index contributed by atoms with van der Waals surface area (Å²) in [6, 6.07) is 21.3. The predicted octanol–water partition coefficient (Wildman–Crippen LogP) is 10.4. The van der Waals surface area contributed by atoms with E-state index in [1.807, 2.05) is 60.7 Å². The van der Waals surface area contributed by atoms with Crippen LogP contribution in [0.2, 0.25) is 0 Å². The fraction of sp³-hybridized carbons (Fsp3) is 0. The van der Waals surface area contributed by atoms with Crippen molar-refractivity contribution in [1.82, 2.24) is 0 Å². The summed E-state index contributed by atoms with van der Waals surface area (Å²) >= 11 is 0. The van der Waals surface area contributed by atoms with E-state index in [4.69, 9.17) is 16.8 Å². The lowest BCUT2D eigenvalue weighted by atomic mass is 9.91. The van der Waals surface area contributed by atoms with Crippen molar-refractivity contribution in [1.29, 1.82) is 0 Å². The minimum Gasteiger partial charge on any atom is -0.455 e. The second kappa shape index (κ2) is 7.81. The Morgan fingerprint density at radius 2 is 1.19 bits per heavy atom. The lowest BCUT2D eigenvalue weighted by Crippen LogP contribution is -1.85. The Hall–Kier alpha value is -4.88. The molecule has 0 amide bonds. The summed E-state index contributed by atoms with van der Waals surface area (Å²) in [5.74, 6) is 0. The zero-order valence-electron chi connectivity index (χ0n) is 28.4. The second-order valence-electron chi connectivity index (χ2n) is 9.03. The van der Waals surface area contributed by atoms with E-state index in [1.54, 1.807) is 12.1 Å². The van der Waals surface area contributed by atoms with Crippen LogP contribution in [0.4, 0.5) is 0 Å². The van der Waals surface area contributed by atoms with Crippen LogP contribution in [0, 0.1) is 0 Å². The van der Waals surface area contributed by atoms with Gasteiger partial charge in [-0.25, -0.2) is 0 Å². The quantitative estimate of drug-likeness (QED) is 0.225. The zero-order valence-corrected chi connectivity index (χ0v) is 19.4. The molecule has 0 atom stereocenters. The Kier molecular flexibility index (Phi) is 2.84. The Bertz CT molecular complexity index is 2540. The predicted molar refractivity (Wildman–Crippen MR) is 157 cm³/mol. The van der Waals surface area contributed by atoms with E-state index in [9.17, 15) is 0 Å². The van der Waals surface area contributed by atoms with Gasteiger partial charge in [0, 0.05) is 16.3 Å². The Balaban J connectivity index is 1.58. The minimum absolute atomic E-state index is 0.0242. The van der Waals surface area contributed by atoms with E-state index in [0.717, 1.165) is 32.7 Å². The van der Waals surface area contributed by atoms with Gasteiger partial charge in [-0.2, -0.15) is 0 Å². The van der Waals surface area contributed by atoms with Crippen molar-refractivity contribution in [2.45, 2.75) is 0 Å². The summed E-state index contributed by atoms with van der Waals surface area (Å²) in [5.41, 5.74) is 3.86. The fourth-order valence-electron chi connectivity index (χ4n) is 5.35. The van der Waals surface area contributed by atoms with Gasteiger partial charge in [0.2, 0.25) is 0 Å². The molecular weight excluding hydrogens is 448 g/mol. The first kappa shape index (κ1) is 13.4. The molecule has 0 unspecified atom stereocenters. The molecular formula is C36H22O. The molecule has 8 rings (SSSR count). The molecule has 1 heterocycles. The van der Waals surface area contributed by atoms with Gasteiger partial charge in [-0.3, -0.25) is 0 Å². The molecule has 0 saturated carbocycles. The van der Waals surface area contributed by atoms with E-state index in [-0.39, 0.29) is 45.2 Å². The highest BCUT2D eigenvalue weighted by atomic mass is 16.3. The number of rotatable bonds is 2. The summed E-state index contributed by atoms with van der Waals surface area (Å²) in [7, 11) is 0. The third-order valence-electron chi connectivity index (χ3n) is 6.96. The highest BCUT2D eigenvalue weighted by Crippen LogP contribution is 2.43. The van der Waals surface area contributed by atoms with Crippen molar-refractivity contribution in [3.05, 3.63) is 133 Å². The standard InChI is InChI=1S/C36H22O/c1-2-10-23(11-3-1)35-30-17-9-6-14-26(30)21-32-31-22-27(18-19-33(31)37-36(32)35)34-28-15-7-4-12-24(28)20-25-13-5-8-16-29(25)34/h1-22H/i4D,5D,7D,8D,12D,13D,15D,16D,20D. The van der Waals surface area contributed by atoms with Gasteiger partial charge in [-0.1, -0.05) is 109 Å². The molecule has 1 nitrogen and oxygen atoms in total. The number of fused-ring (bicyclic) bond motifs is 6. The summed E-state index contributed by atoms with van der Waals surface area (Å²) < 4.78 is 84.2. The Morgan fingerprint density at radius 3 is 1.97 bits per heavy atom. The van der Waals surface area contributed by atoms with E-state index in [2.05, 4.69) is 6.07 Å². The third kappa shape index (κ3) is 3.04. The number of furan rings is 1. The molecule has 0 radical (unpaired) electrons. The molecule has 0 saturated heterocycles. The zero-order chi connectivity index (χ0) is 32.2. The van der Waals surface area contributed by atoms with Crippen LogP contribution in [0.1, 0.15) is 12.3 Å². The first-order chi connectivity index (χ1) is 22.1. The second-order valence-corrected chi connectivity index (χ2v) is 9.03. The fourth-order valence-corrected chi connectivity index (χ4v) is 5.35. The van der Waals surface area contributed by atoms with Gasteiger partial charge in [-0.15, -0.1) is 0 Å². The first-order valence-electron chi connectivity index (χ1n) is 16.5. The molecule has 0 aliphatic carbocycles. The van der Waals surface area contributed by atoms with E-state index in [1.165, 1.54) is 0 Å². The van der Waals surface area contributed by atoms with E-state index < -0.39 is 36.3 Å². The lowest BCUT2D eigenvalue weighted by Gasteiger charge is -2.12. The van der Waals surface area contributed by atoms with Crippen LogP contribution < -0.4 is 0 Å². The molecule has 172 valence electrons. The van der Waals surface area contributed by atoms with Crippen LogP contribution in [-0.2, 0) is 0 Å². The lowest BCUT2D eigenvalue weighted by molar-refractivity contribution is 0.670. The molecule has 1 heteroatoms. The van der Waals surface area contributed by atoms with Gasteiger partial charge in [0.15, 0.2) is 0 Å². The smallest absolute Gasteiger partial charge is 0.143 e. The maximum Gasteiger partial charge on any atom is 0.143 e. The summed E-state index contributed by atoms with van der Waals surface area (Å²) in [6.07, 6.45) is 0. The van der Waals surface area contributed by atoms with Crippen LogP contribution in [0.15, 0.2) is 138 Å². The Labute approximate surface area is 226 Å². The number of hydrogen-bond donors (Lipinski definition) is 0. The average Bonchev–Trinajstić information content (AvgIpc) is 3.43. The molecule has 1 aromatic heterocycles. The SMILES string of the molecule is [2H]c1c([2H])c([2H])c2c(-c3ccc4oc5c(-c6ccccc6)c6ccccc6cc5c4c3)c3c([2H])c([2H])c([2H])c([2H])c3c([2H])c2c1[2H]. The van der Waals surface area contributed by atoms with Crippen LogP contribution >= 0.6 is 0 Å². The van der Waals surface area contributed by atoms with Crippen molar-refractivity contribution < 1.29 is 16.8 Å². The normalized spacial score (nSPS) is 15.2. The van der Waals surface area contributed by atoms with Crippen molar-refractivity contribution in [3.8, 4) is 22.3 Å². The summed E-state index contributed by atoms with van der Waals surface area (Å²) in [4.78, 5) is 0. The van der Waals surface area contributed by atoms with Gasteiger partial charge >= 0.3 is 0 Å². The average molecular weight is 480 g/mol. The molecule has 0 bridgehead atoms. The van der Waals surface area contributed by atoms with Crippen LogP contribution in [0.5, 0.6) is 0 Å². The molecule has 7 aromatic carbocycles. The molecule has 0 aliphatic heterocycles. The van der Waals surface area contributed by atoms with Crippen molar-refractivity contribution in [2.75, 3.05) is 0 Å². The summed E-state index contributed by atoms with van der Waals surface area (Å²) in [6.45, 7) is 0. The van der Waals surface area contributed by atoms with Crippen LogP contribution in [-0.4, -0.2) is 0 Å². The Morgan fingerprint density at radius 1 is 0.486 bits per heavy atom. The topological polar surface area (TPSA) is 13.1 Å². The van der Waals surface area contributed by atoms with Gasteiger partial charge < -0.3 is 4.42 Å². The van der Waals surface area contributed by atoms with Crippen LogP contribution in [0.3, 0.4) is 0 Å². The number of hydrogen-bond acceptors (Lipinski definition) is 1. The number of benzene rings is 7. The van der Waals surface area contributed by atoms with Gasteiger partial charge in [-0.05, 0) is 73.2 Å². The highest BCUT2D eigenvalue weighted by molar-refractivity contribution is 6.20. The van der Waals surface area contributed by atoms with Crippen molar-refractivity contribution in [2.24, 2.45) is 0 Å². The van der Waals surface area contributed by atoms with Gasteiger partial charge in [0.05, 0.1) is 12.3 Å². The molecule has 37 heavy (non-hydrogen) atoms. The molecule has 0 aliphatic rings. The van der Waals surface area contributed by atoms with Gasteiger partial charge in [0.1, 0.15) is 11.2 Å². The molecule has 8 aromatic rings. The monoisotopic (exact) mass is 479 g/mol. The molecule has 0 N–H and O–H groups in total. The highest BCUT2D eigenvalue weighted by Gasteiger charge is 2.18. The van der Waals surface area contributed by atoms with Gasteiger partial charge in [0.25, 0.3) is 0 Å². The third-order valence-corrected chi connectivity index (χ3v) is 6.96. The maximum absolute atomic E-state index is 8.99. The first-order valence-corrected chi connectivity index (χ1v) is 12.0.